The van der Waals surface area contributed by atoms with Gasteiger partial charge < -0.3 is 19.9 Å². The molecule has 0 saturated carbocycles. The molecule has 0 aliphatic carbocycles. The van der Waals surface area contributed by atoms with Crippen LogP contribution in [0.15, 0.2) is 66.9 Å². The van der Waals surface area contributed by atoms with E-state index < -0.39 is 36.0 Å². The van der Waals surface area contributed by atoms with Crippen molar-refractivity contribution in [3.05, 3.63) is 83.6 Å². The Morgan fingerprint density at radius 1 is 0.786 bits per heavy atom. The van der Waals surface area contributed by atoms with Gasteiger partial charge in [-0.25, -0.2) is 0 Å². The van der Waals surface area contributed by atoms with Gasteiger partial charge in [0.05, 0.1) is 11.1 Å². The van der Waals surface area contributed by atoms with Gasteiger partial charge in [0, 0.05) is 61.0 Å². The number of amides is 4. The number of fused-ring (bicyclic) bond motifs is 2. The van der Waals surface area contributed by atoms with E-state index in [2.05, 4.69) is 48.8 Å². The van der Waals surface area contributed by atoms with Crippen molar-refractivity contribution >= 4 is 40.2 Å². The monoisotopic (exact) mass is 770 g/mol. The molecule has 0 bridgehead atoms. The molecule has 8 rings (SSSR count). The predicted octanol–water partition coefficient (Wildman–Crippen LogP) is 6.09. The Morgan fingerprint density at radius 2 is 1.48 bits per heavy atom. The van der Waals surface area contributed by atoms with Crippen LogP contribution in [-0.2, 0) is 22.7 Å². The highest BCUT2D eigenvalue weighted by molar-refractivity contribution is 6.23. The molecule has 1 aromatic heterocycles. The Morgan fingerprint density at radius 3 is 2.16 bits per heavy atom. The van der Waals surface area contributed by atoms with Gasteiger partial charge in [-0.3, -0.25) is 34.3 Å². The Hall–Kier alpha value is -5.21. The number of halogens is 3. The van der Waals surface area contributed by atoms with Crippen LogP contribution in [-0.4, -0.2) is 83.1 Å². The summed E-state index contributed by atoms with van der Waals surface area (Å²) in [5.74, 6) is -1.01. The first kappa shape index (κ1) is 37.7. The summed E-state index contributed by atoms with van der Waals surface area (Å²) in [5.41, 5.74) is 11.3. The lowest BCUT2D eigenvalue weighted by Crippen LogP contribution is -2.54. The van der Waals surface area contributed by atoms with E-state index in [1.54, 1.807) is 24.3 Å². The van der Waals surface area contributed by atoms with E-state index in [0.29, 0.717) is 29.5 Å². The van der Waals surface area contributed by atoms with Crippen molar-refractivity contribution in [2.45, 2.75) is 70.4 Å². The number of carbonyl (C=O) groups excluding carboxylic acids is 4. The van der Waals surface area contributed by atoms with E-state index in [1.165, 1.54) is 17.7 Å². The van der Waals surface area contributed by atoms with Crippen molar-refractivity contribution in [1.82, 2.24) is 19.7 Å². The van der Waals surface area contributed by atoms with E-state index in [4.69, 9.17) is 5.73 Å². The van der Waals surface area contributed by atoms with E-state index >= 15 is 0 Å². The number of ether oxygens (including phenoxy) is 1. The summed E-state index contributed by atoms with van der Waals surface area (Å²) in [6.45, 7) is 5.82. The van der Waals surface area contributed by atoms with Gasteiger partial charge in [0.25, 0.3) is 11.8 Å². The zero-order valence-corrected chi connectivity index (χ0v) is 31.0. The lowest BCUT2D eigenvalue weighted by atomic mass is 9.78. The number of aryl methyl sites for hydroxylation is 1. The molecule has 294 valence electrons. The first-order valence-corrected chi connectivity index (χ1v) is 19.5. The number of nitrogens with zero attached hydrogens (tertiary/aromatic N) is 4. The Bertz CT molecular complexity index is 2150. The topological polar surface area (TPSA) is 130 Å². The highest BCUT2D eigenvalue weighted by Gasteiger charge is 2.45. The highest BCUT2D eigenvalue weighted by atomic mass is 19.4. The molecule has 3 saturated heterocycles. The normalized spacial score (nSPS) is 20.2. The molecule has 14 heteroatoms. The van der Waals surface area contributed by atoms with Crippen molar-refractivity contribution in [2.75, 3.05) is 37.6 Å². The molecule has 4 amide bonds. The number of hydrogen-bond donors (Lipinski definition) is 2. The fraction of sp³-hybridized carbons (Fsp3) is 0.429. The second-order valence-corrected chi connectivity index (χ2v) is 15.4. The minimum atomic E-state index is -4.74. The number of piperidine rings is 3. The lowest BCUT2D eigenvalue weighted by Gasteiger charge is -2.41. The number of alkyl halides is 3. The molecule has 4 aromatic rings. The number of aromatic nitrogens is 1. The fourth-order valence-electron chi connectivity index (χ4n) is 9.08. The number of benzene rings is 3. The van der Waals surface area contributed by atoms with E-state index in [-0.39, 0.29) is 18.6 Å². The third-order valence-corrected chi connectivity index (χ3v) is 12.0. The van der Waals surface area contributed by atoms with E-state index in [0.717, 1.165) is 104 Å². The lowest BCUT2D eigenvalue weighted by molar-refractivity contribution is -0.274. The van der Waals surface area contributed by atoms with Crippen LogP contribution in [0.2, 0.25) is 0 Å². The van der Waals surface area contributed by atoms with Gasteiger partial charge in [0.15, 0.2) is 0 Å². The number of carbonyl (C=O) groups is 4. The summed E-state index contributed by atoms with van der Waals surface area (Å²) in [6.07, 6.45) is 2.65. The average Bonchev–Trinajstić information content (AvgIpc) is 3.66. The number of imide groups is 2. The van der Waals surface area contributed by atoms with Crippen LogP contribution in [0, 0.1) is 11.8 Å². The molecule has 3 N–H and O–H groups in total. The minimum Gasteiger partial charge on any atom is -0.406 e. The molecular formula is C42H45F3N6O5. The third kappa shape index (κ3) is 7.64. The van der Waals surface area contributed by atoms with Gasteiger partial charge >= 0.3 is 6.36 Å². The van der Waals surface area contributed by atoms with E-state index in [1.807, 2.05) is 6.07 Å². The van der Waals surface area contributed by atoms with Gasteiger partial charge in [-0.2, -0.15) is 0 Å². The van der Waals surface area contributed by atoms with Gasteiger partial charge in [-0.05, 0) is 124 Å². The number of likely N-dealkylation sites (tertiary alicyclic amines) is 1. The van der Waals surface area contributed by atoms with Crippen LogP contribution in [0.25, 0.3) is 22.0 Å². The van der Waals surface area contributed by atoms with Crippen LogP contribution in [0.4, 0.5) is 18.9 Å². The van der Waals surface area contributed by atoms with Crippen LogP contribution in [0.5, 0.6) is 5.75 Å². The van der Waals surface area contributed by atoms with Crippen molar-refractivity contribution in [3.63, 3.8) is 0 Å². The predicted molar refractivity (Wildman–Crippen MR) is 204 cm³/mol. The zero-order valence-electron chi connectivity index (χ0n) is 31.0. The molecule has 4 aliphatic rings. The van der Waals surface area contributed by atoms with E-state index in [9.17, 15) is 32.3 Å². The van der Waals surface area contributed by atoms with Gasteiger partial charge in [0.2, 0.25) is 11.8 Å². The summed E-state index contributed by atoms with van der Waals surface area (Å²) >= 11 is 0. The number of hydrogen-bond acceptors (Lipinski definition) is 8. The molecule has 0 radical (unpaired) electrons. The summed E-state index contributed by atoms with van der Waals surface area (Å²) in [6, 6.07) is 16.9. The molecule has 3 aromatic carbocycles. The first-order chi connectivity index (χ1) is 27.0. The van der Waals surface area contributed by atoms with Crippen LogP contribution < -0.4 is 20.7 Å². The van der Waals surface area contributed by atoms with Crippen LogP contribution >= 0.6 is 0 Å². The quantitative estimate of drug-likeness (QED) is 0.186. The molecule has 1 atom stereocenters. The molecule has 4 aliphatic heterocycles. The maximum absolute atomic E-state index is 13.4. The zero-order chi connectivity index (χ0) is 39.1. The molecule has 1 unspecified atom stereocenters. The van der Waals surface area contributed by atoms with Gasteiger partial charge in [0.1, 0.15) is 11.8 Å². The third-order valence-electron chi connectivity index (χ3n) is 12.0. The average molecular weight is 771 g/mol. The van der Waals surface area contributed by atoms with Crippen LogP contribution in [0.3, 0.4) is 0 Å². The smallest absolute Gasteiger partial charge is 0.406 e. The number of anilines is 1. The van der Waals surface area contributed by atoms with Crippen molar-refractivity contribution in [1.29, 1.82) is 0 Å². The van der Waals surface area contributed by atoms with Crippen molar-refractivity contribution < 1.29 is 37.1 Å². The Balaban J connectivity index is 0.872. The minimum absolute atomic E-state index is 0.0848. The standard InChI is InChI=1S/C42H45F3N6O5/c43-42(44,45)56-31-6-3-29(4-7-31)35-25-50(17-1-16-46)36-9-2-26(22-33(35)36)24-48-18-12-27(13-19-48)28-14-20-49(21-15-28)30-5-8-32-34(23-30)41(55)51(40(32)54)37-10-11-38(52)47-39(37)53/h2-9,22-23,25,27-28,37H,1,10-21,24,46H2,(H,47,52,53). The summed E-state index contributed by atoms with van der Waals surface area (Å²) in [5, 5.41) is 3.29. The maximum atomic E-state index is 13.4. The second kappa shape index (κ2) is 15.4. The molecule has 0 spiro atoms. The largest absolute Gasteiger partial charge is 0.573 e. The SMILES string of the molecule is NCCCn1cc(-c2ccc(OC(F)(F)F)cc2)c2cc(CN3CCC(C4CCN(c5ccc6c(c5)C(=O)N(C5CCC(=O)NC5=O)C6=O)CC4)CC3)ccc21. The fourth-order valence-corrected chi connectivity index (χ4v) is 9.08. The highest BCUT2D eigenvalue weighted by Crippen LogP contribution is 2.38. The first-order valence-electron chi connectivity index (χ1n) is 19.5. The molecular weight excluding hydrogens is 725 g/mol. The second-order valence-electron chi connectivity index (χ2n) is 15.4. The summed E-state index contributed by atoms with van der Waals surface area (Å²) < 4.78 is 44.6. The Labute approximate surface area is 322 Å². The maximum Gasteiger partial charge on any atom is 0.573 e. The van der Waals surface area contributed by atoms with Crippen molar-refractivity contribution in [2.24, 2.45) is 17.6 Å². The molecule has 3 fully saturated rings. The molecule has 5 heterocycles. The number of nitrogens with two attached hydrogens (primary N) is 1. The summed E-state index contributed by atoms with van der Waals surface area (Å²) in [4.78, 5) is 56.4. The Kier molecular flexibility index (Phi) is 10.4. The molecule has 56 heavy (non-hydrogen) atoms. The number of nitrogens with one attached hydrogen (secondary N) is 1. The number of rotatable bonds is 10. The van der Waals surface area contributed by atoms with Crippen molar-refractivity contribution in [3.8, 4) is 16.9 Å². The van der Waals surface area contributed by atoms with Gasteiger partial charge in [-0.1, -0.05) is 18.2 Å². The molecule has 11 nitrogen and oxygen atoms in total. The van der Waals surface area contributed by atoms with Crippen LogP contribution in [0.1, 0.15) is 71.2 Å². The summed E-state index contributed by atoms with van der Waals surface area (Å²) in [7, 11) is 0. The van der Waals surface area contributed by atoms with Gasteiger partial charge in [-0.15, -0.1) is 13.2 Å².